The quantitative estimate of drug-likeness (QED) is 0.344. The molecular weight excluding hydrogens is 453 g/mol. The van der Waals surface area contributed by atoms with E-state index in [4.69, 9.17) is 13.7 Å². The standard InChI is InChI=1S/C23H19F3N4O4/c1-2-32-16-8-5-14(6-9-16)21-29-20(34-30-21)13-27-18-10-7-15(12-17(18)23(24,25)26)28-22(31)19-4-3-11-33-19/h3-12,27H,2,13H2,1H3,(H,28,31). The second-order valence-electron chi connectivity index (χ2n) is 7.01. The lowest BCUT2D eigenvalue weighted by molar-refractivity contribution is -0.136. The Morgan fingerprint density at radius 3 is 2.59 bits per heavy atom. The van der Waals surface area contributed by atoms with Crippen molar-refractivity contribution in [2.75, 3.05) is 17.2 Å². The molecule has 0 saturated heterocycles. The number of ether oxygens (including phenoxy) is 1. The number of nitrogens with one attached hydrogen (secondary N) is 2. The molecule has 176 valence electrons. The van der Waals surface area contributed by atoms with Crippen molar-refractivity contribution in [2.24, 2.45) is 0 Å². The Kier molecular flexibility index (Phi) is 6.53. The van der Waals surface area contributed by atoms with Gasteiger partial charge in [-0.3, -0.25) is 4.79 Å². The number of alkyl halides is 3. The molecule has 2 N–H and O–H groups in total. The van der Waals surface area contributed by atoms with E-state index in [1.807, 2.05) is 6.92 Å². The van der Waals surface area contributed by atoms with Crippen LogP contribution in [0.25, 0.3) is 11.4 Å². The summed E-state index contributed by atoms with van der Waals surface area (Å²) >= 11 is 0. The molecule has 2 heterocycles. The van der Waals surface area contributed by atoms with Crippen LogP contribution in [0.3, 0.4) is 0 Å². The third-order valence-electron chi connectivity index (χ3n) is 4.65. The lowest BCUT2D eigenvalue weighted by atomic mass is 10.1. The Morgan fingerprint density at radius 1 is 1.12 bits per heavy atom. The van der Waals surface area contributed by atoms with Crippen molar-refractivity contribution in [3.8, 4) is 17.1 Å². The van der Waals surface area contributed by atoms with Gasteiger partial charge in [-0.1, -0.05) is 5.16 Å². The van der Waals surface area contributed by atoms with Gasteiger partial charge < -0.3 is 24.3 Å². The molecule has 8 nitrogen and oxygen atoms in total. The van der Waals surface area contributed by atoms with E-state index in [2.05, 4.69) is 20.8 Å². The maximum Gasteiger partial charge on any atom is 0.418 e. The fourth-order valence-electron chi connectivity index (χ4n) is 3.09. The molecule has 0 aliphatic carbocycles. The number of carbonyl (C=O) groups is 1. The normalized spacial score (nSPS) is 11.3. The third-order valence-corrected chi connectivity index (χ3v) is 4.65. The summed E-state index contributed by atoms with van der Waals surface area (Å²) in [6, 6.07) is 13.3. The first-order valence-electron chi connectivity index (χ1n) is 10.2. The van der Waals surface area contributed by atoms with Gasteiger partial charge in [-0.15, -0.1) is 0 Å². The largest absolute Gasteiger partial charge is 0.494 e. The molecule has 0 bridgehead atoms. The molecule has 4 aromatic rings. The summed E-state index contributed by atoms with van der Waals surface area (Å²) in [5.41, 5.74) is -0.527. The molecule has 0 radical (unpaired) electrons. The lowest BCUT2D eigenvalue weighted by Gasteiger charge is -2.15. The molecule has 2 aromatic carbocycles. The number of furan rings is 1. The molecule has 0 aliphatic heterocycles. The highest BCUT2D eigenvalue weighted by Gasteiger charge is 2.34. The van der Waals surface area contributed by atoms with Gasteiger partial charge in [0, 0.05) is 16.9 Å². The van der Waals surface area contributed by atoms with Crippen molar-refractivity contribution in [1.82, 2.24) is 10.1 Å². The second-order valence-corrected chi connectivity index (χ2v) is 7.01. The third kappa shape index (κ3) is 5.37. The zero-order valence-corrected chi connectivity index (χ0v) is 17.8. The van der Waals surface area contributed by atoms with Gasteiger partial charge in [0.2, 0.25) is 11.7 Å². The summed E-state index contributed by atoms with van der Waals surface area (Å²) in [6.07, 6.45) is -3.38. The average molecular weight is 472 g/mol. The predicted octanol–water partition coefficient (Wildman–Crippen LogP) is 5.61. The van der Waals surface area contributed by atoms with Crippen molar-refractivity contribution in [1.29, 1.82) is 0 Å². The smallest absolute Gasteiger partial charge is 0.418 e. The molecule has 0 spiro atoms. The first kappa shape index (κ1) is 22.9. The van der Waals surface area contributed by atoms with E-state index >= 15 is 0 Å². The van der Waals surface area contributed by atoms with Gasteiger partial charge in [0.15, 0.2) is 5.76 Å². The van der Waals surface area contributed by atoms with Crippen molar-refractivity contribution in [2.45, 2.75) is 19.6 Å². The summed E-state index contributed by atoms with van der Waals surface area (Å²) in [7, 11) is 0. The molecule has 0 atom stereocenters. The lowest BCUT2D eigenvalue weighted by Crippen LogP contribution is -2.14. The van der Waals surface area contributed by atoms with E-state index in [1.165, 1.54) is 30.5 Å². The predicted molar refractivity (Wildman–Crippen MR) is 116 cm³/mol. The van der Waals surface area contributed by atoms with Crippen molar-refractivity contribution >= 4 is 17.3 Å². The van der Waals surface area contributed by atoms with Crippen LogP contribution < -0.4 is 15.4 Å². The average Bonchev–Trinajstić information content (AvgIpc) is 3.51. The minimum atomic E-state index is -4.67. The summed E-state index contributed by atoms with van der Waals surface area (Å²) in [5, 5.41) is 8.92. The Balaban J connectivity index is 1.46. The van der Waals surface area contributed by atoms with E-state index in [0.717, 1.165) is 6.07 Å². The minimum Gasteiger partial charge on any atom is -0.494 e. The van der Waals surface area contributed by atoms with Gasteiger partial charge in [-0.2, -0.15) is 18.2 Å². The van der Waals surface area contributed by atoms with Crippen LogP contribution in [0.15, 0.2) is 69.8 Å². The molecule has 2 aromatic heterocycles. The van der Waals surface area contributed by atoms with Crippen LogP contribution in [0.5, 0.6) is 5.75 Å². The first-order valence-corrected chi connectivity index (χ1v) is 10.2. The molecule has 34 heavy (non-hydrogen) atoms. The molecule has 0 aliphatic rings. The number of hydrogen-bond donors (Lipinski definition) is 2. The molecule has 0 fully saturated rings. The van der Waals surface area contributed by atoms with Crippen LogP contribution in [-0.2, 0) is 12.7 Å². The molecule has 1 amide bonds. The SMILES string of the molecule is CCOc1ccc(-c2noc(CNc3ccc(NC(=O)c4ccco4)cc3C(F)(F)F)n2)cc1. The van der Waals surface area contributed by atoms with E-state index in [-0.39, 0.29) is 29.6 Å². The summed E-state index contributed by atoms with van der Waals surface area (Å²) in [5.74, 6) is 0.418. The van der Waals surface area contributed by atoms with Gasteiger partial charge in [0.1, 0.15) is 5.75 Å². The van der Waals surface area contributed by atoms with Crippen LogP contribution >= 0.6 is 0 Å². The monoisotopic (exact) mass is 472 g/mol. The van der Waals surface area contributed by atoms with Gasteiger partial charge >= 0.3 is 6.18 Å². The number of aromatic nitrogens is 2. The Labute approximate surface area is 191 Å². The molecule has 11 heteroatoms. The minimum absolute atomic E-state index is 0.0181. The highest BCUT2D eigenvalue weighted by molar-refractivity contribution is 6.02. The number of anilines is 2. The Morgan fingerprint density at radius 2 is 1.91 bits per heavy atom. The summed E-state index contributed by atoms with van der Waals surface area (Å²) in [4.78, 5) is 16.3. The highest BCUT2D eigenvalue weighted by atomic mass is 19.4. The van der Waals surface area contributed by atoms with Crippen molar-refractivity contribution in [3.63, 3.8) is 0 Å². The number of benzene rings is 2. The maximum atomic E-state index is 13.6. The number of hydrogen-bond acceptors (Lipinski definition) is 7. The van der Waals surface area contributed by atoms with E-state index in [9.17, 15) is 18.0 Å². The fraction of sp³-hybridized carbons (Fsp3) is 0.174. The number of amides is 1. The molecular formula is C23H19F3N4O4. The zero-order chi connectivity index (χ0) is 24.1. The van der Waals surface area contributed by atoms with Crippen LogP contribution in [0.4, 0.5) is 24.5 Å². The van der Waals surface area contributed by atoms with Crippen LogP contribution in [-0.4, -0.2) is 22.7 Å². The fourth-order valence-corrected chi connectivity index (χ4v) is 3.09. The maximum absolute atomic E-state index is 13.6. The second kappa shape index (κ2) is 9.69. The summed E-state index contributed by atoms with van der Waals surface area (Å²) < 4.78 is 56.4. The Bertz CT molecular complexity index is 1250. The molecule has 0 unspecified atom stereocenters. The van der Waals surface area contributed by atoms with Crippen LogP contribution in [0, 0.1) is 0 Å². The Hall–Kier alpha value is -4.28. The van der Waals surface area contributed by atoms with Gasteiger partial charge in [0.05, 0.1) is 25.0 Å². The van der Waals surface area contributed by atoms with Gasteiger partial charge in [-0.25, -0.2) is 0 Å². The van der Waals surface area contributed by atoms with E-state index in [1.54, 1.807) is 24.3 Å². The summed E-state index contributed by atoms with van der Waals surface area (Å²) in [6.45, 7) is 2.28. The first-order chi connectivity index (χ1) is 16.3. The van der Waals surface area contributed by atoms with Crippen LogP contribution in [0.2, 0.25) is 0 Å². The number of halogens is 3. The van der Waals surface area contributed by atoms with E-state index < -0.39 is 17.6 Å². The van der Waals surface area contributed by atoms with Crippen LogP contribution in [0.1, 0.15) is 28.9 Å². The number of carbonyl (C=O) groups excluding carboxylic acids is 1. The van der Waals surface area contributed by atoms with Gasteiger partial charge in [-0.05, 0) is 61.5 Å². The zero-order valence-electron chi connectivity index (χ0n) is 17.8. The highest BCUT2D eigenvalue weighted by Crippen LogP contribution is 2.37. The topological polar surface area (TPSA) is 102 Å². The molecule has 0 saturated carbocycles. The van der Waals surface area contributed by atoms with Crippen molar-refractivity contribution < 1.29 is 31.6 Å². The molecule has 4 rings (SSSR count). The number of rotatable bonds is 8. The van der Waals surface area contributed by atoms with Crippen molar-refractivity contribution in [3.05, 3.63) is 78.1 Å². The van der Waals surface area contributed by atoms with E-state index in [0.29, 0.717) is 23.7 Å². The van der Waals surface area contributed by atoms with Gasteiger partial charge in [0.25, 0.3) is 5.91 Å². The number of nitrogens with zero attached hydrogens (tertiary/aromatic N) is 2.